The molecule has 2 N–H and O–H groups in total. The Morgan fingerprint density at radius 3 is 2.97 bits per heavy atom. The summed E-state index contributed by atoms with van der Waals surface area (Å²) in [7, 11) is -3.53. The van der Waals surface area contributed by atoms with Crippen LogP contribution in [0.25, 0.3) is 16.8 Å². The summed E-state index contributed by atoms with van der Waals surface area (Å²) >= 11 is 0. The van der Waals surface area contributed by atoms with Crippen molar-refractivity contribution in [1.82, 2.24) is 34.4 Å². The van der Waals surface area contributed by atoms with Crippen LogP contribution in [-0.2, 0) is 15.8 Å². The number of hydrogen-bond acceptors (Lipinski definition) is 7. The zero-order valence-corrected chi connectivity index (χ0v) is 17.6. The van der Waals surface area contributed by atoms with Gasteiger partial charge in [0.25, 0.3) is 0 Å². The molecule has 1 fully saturated rings. The average molecular weight is 430 g/mol. The van der Waals surface area contributed by atoms with E-state index in [2.05, 4.69) is 37.0 Å². The van der Waals surface area contributed by atoms with Crippen LogP contribution < -0.4 is 4.72 Å². The molecule has 11 heteroatoms. The molecule has 0 saturated heterocycles. The minimum absolute atomic E-state index is 0.104. The second-order valence-corrected chi connectivity index (χ2v) is 9.72. The molecule has 1 aliphatic carbocycles. The second-order valence-electron chi connectivity index (χ2n) is 7.97. The topological polar surface area (TPSA) is 131 Å². The number of fused-ring (bicyclic) bond motifs is 3. The number of aryl methyl sites for hydroxylation is 1. The molecule has 3 atom stereocenters. The summed E-state index contributed by atoms with van der Waals surface area (Å²) in [4.78, 5) is 7.49. The molecule has 30 heavy (non-hydrogen) atoms. The van der Waals surface area contributed by atoms with E-state index in [4.69, 9.17) is 4.52 Å². The van der Waals surface area contributed by atoms with Gasteiger partial charge in [0.1, 0.15) is 23.0 Å². The van der Waals surface area contributed by atoms with Crippen molar-refractivity contribution >= 4 is 26.8 Å². The van der Waals surface area contributed by atoms with Crippen LogP contribution in [0.3, 0.4) is 0 Å². The molecule has 0 radical (unpaired) electrons. The number of H-pyrrole nitrogens is 1. The predicted octanol–water partition coefficient (Wildman–Crippen LogP) is 2.29. The average Bonchev–Trinajstić information content (AvgIpc) is 3.45. The quantitative estimate of drug-likeness (QED) is 0.481. The Kier molecular flexibility index (Phi) is 4.58. The third-order valence-corrected chi connectivity index (χ3v) is 7.25. The lowest BCUT2D eigenvalue weighted by Gasteiger charge is -2.16. The van der Waals surface area contributed by atoms with Gasteiger partial charge in [-0.2, -0.15) is 0 Å². The van der Waals surface area contributed by atoms with E-state index in [1.165, 1.54) is 0 Å². The third kappa shape index (κ3) is 3.37. The smallest absolute Gasteiger partial charge is 0.217 e. The first-order chi connectivity index (χ1) is 14.4. The minimum atomic E-state index is -3.53. The molecule has 0 spiro atoms. The van der Waals surface area contributed by atoms with E-state index in [1.807, 2.05) is 16.7 Å². The molecule has 10 nitrogen and oxygen atoms in total. The molecule has 4 aromatic rings. The number of aromatic nitrogens is 6. The van der Waals surface area contributed by atoms with E-state index in [0.717, 1.165) is 29.8 Å². The van der Waals surface area contributed by atoms with Gasteiger partial charge >= 0.3 is 0 Å². The normalized spacial score (nSPS) is 22.4. The van der Waals surface area contributed by atoms with Crippen molar-refractivity contribution in [1.29, 1.82) is 0 Å². The number of aromatic amines is 1. The number of sulfonamides is 1. The van der Waals surface area contributed by atoms with Gasteiger partial charge in [-0.3, -0.25) is 4.40 Å². The van der Waals surface area contributed by atoms with Crippen molar-refractivity contribution < 1.29 is 12.9 Å². The van der Waals surface area contributed by atoms with Crippen molar-refractivity contribution in [2.45, 2.75) is 50.8 Å². The molecular formula is C19H23N7O3S. The molecule has 1 saturated carbocycles. The van der Waals surface area contributed by atoms with Crippen LogP contribution >= 0.6 is 0 Å². The minimum Gasteiger partial charge on any atom is -0.361 e. The zero-order valence-electron chi connectivity index (χ0n) is 16.7. The summed E-state index contributed by atoms with van der Waals surface area (Å²) < 4.78 is 35.2. The first kappa shape index (κ1) is 19.2. The van der Waals surface area contributed by atoms with Crippen LogP contribution in [0, 0.1) is 12.8 Å². The number of rotatable bonds is 6. The predicted molar refractivity (Wildman–Crippen MR) is 109 cm³/mol. The lowest BCUT2D eigenvalue weighted by atomic mass is 9.93. The largest absolute Gasteiger partial charge is 0.361 e. The van der Waals surface area contributed by atoms with E-state index < -0.39 is 10.0 Å². The van der Waals surface area contributed by atoms with Gasteiger partial charge in [-0.15, -0.1) is 10.2 Å². The van der Waals surface area contributed by atoms with Gasteiger partial charge in [-0.1, -0.05) is 18.5 Å². The second kappa shape index (κ2) is 7.17. The monoisotopic (exact) mass is 429 g/mol. The summed E-state index contributed by atoms with van der Waals surface area (Å²) in [5, 5.41) is 12.6. The van der Waals surface area contributed by atoms with E-state index >= 15 is 0 Å². The Hall–Kier alpha value is -2.79. The first-order valence-corrected chi connectivity index (χ1v) is 11.7. The Bertz CT molecular complexity index is 1310. The molecule has 0 aromatic carbocycles. The van der Waals surface area contributed by atoms with Crippen molar-refractivity contribution in [3.63, 3.8) is 0 Å². The standard InChI is InChI=1S/C19H23N7O3S/c1-3-12-7-13(25-30(27,28)10-14-6-11(2)29-24-14)8-15(12)19-23-22-17-9-21-18-16(26(17)19)4-5-20-18/h4-6,9,12-13,15,20,25H,3,7-8,10H2,1-2H3. The van der Waals surface area contributed by atoms with Crippen LogP contribution in [0.2, 0.25) is 0 Å². The van der Waals surface area contributed by atoms with Crippen molar-refractivity contribution in [3.05, 3.63) is 41.8 Å². The maximum Gasteiger partial charge on any atom is 0.217 e. The Morgan fingerprint density at radius 2 is 2.20 bits per heavy atom. The van der Waals surface area contributed by atoms with Gasteiger partial charge in [0.2, 0.25) is 10.0 Å². The van der Waals surface area contributed by atoms with Crippen molar-refractivity contribution in [2.24, 2.45) is 5.92 Å². The summed E-state index contributed by atoms with van der Waals surface area (Å²) in [6.07, 6.45) is 5.90. The van der Waals surface area contributed by atoms with E-state index in [-0.39, 0.29) is 17.7 Å². The van der Waals surface area contributed by atoms with E-state index in [1.54, 1.807) is 19.2 Å². The molecule has 158 valence electrons. The highest BCUT2D eigenvalue weighted by atomic mass is 32.2. The zero-order chi connectivity index (χ0) is 20.9. The number of nitrogens with zero attached hydrogens (tertiary/aromatic N) is 5. The van der Waals surface area contributed by atoms with Gasteiger partial charge in [0, 0.05) is 24.2 Å². The highest BCUT2D eigenvalue weighted by Crippen LogP contribution is 2.41. The molecule has 3 unspecified atom stereocenters. The van der Waals surface area contributed by atoms with Crippen LogP contribution in [0.4, 0.5) is 0 Å². The highest BCUT2D eigenvalue weighted by Gasteiger charge is 2.38. The van der Waals surface area contributed by atoms with Gasteiger partial charge in [0.15, 0.2) is 11.3 Å². The van der Waals surface area contributed by atoms with Crippen molar-refractivity contribution in [2.75, 3.05) is 0 Å². The van der Waals surface area contributed by atoms with E-state index in [0.29, 0.717) is 29.4 Å². The Morgan fingerprint density at radius 1 is 1.33 bits per heavy atom. The fraction of sp³-hybridized carbons (Fsp3) is 0.474. The SMILES string of the molecule is CCC1CC(NS(=O)(=O)Cc2cc(C)on2)CC1c1nnc2cnc3[nH]ccc3n12. The number of hydrogen-bond donors (Lipinski definition) is 2. The van der Waals surface area contributed by atoms with Crippen LogP contribution in [0.15, 0.2) is 29.0 Å². The Labute approximate surface area is 173 Å². The number of nitrogens with one attached hydrogen (secondary N) is 2. The summed E-state index contributed by atoms with van der Waals surface area (Å²) in [5.74, 6) is 1.68. The van der Waals surface area contributed by atoms with Crippen LogP contribution in [0.5, 0.6) is 0 Å². The maximum absolute atomic E-state index is 12.7. The molecule has 0 bridgehead atoms. The van der Waals surface area contributed by atoms with Crippen molar-refractivity contribution in [3.8, 4) is 0 Å². The first-order valence-electron chi connectivity index (χ1n) is 10.0. The molecule has 5 rings (SSSR count). The molecule has 0 aliphatic heterocycles. The molecular weight excluding hydrogens is 406 g/mol. The fourth-order valence-corrected chi connectivity index (χ4v) is 5.91. The maximum atomic E-state index is 12.7. The van der Waals surface area contributed by atoms with Gasteiger partial charge < -0.3 is 9.51 Å². The Balaban J connectivity index is 1.41. The van der Waals surface area contributed by atoms with Crippen LogP contribution in [-0.4, -0.2) is 44.2 Å². The molecule has 4 heterocycles. The van der Waals surface area contributed by atoms with E-state index in [9.17, 15) is 8.42 Å². The fourth-order valence-electron chi connectivity index (χ4n) is 4.60. The molecule has 1 aliphatic rings. The van der Waals surface area contributed by atoms with Gasteiger partial charge in [0.05, 0.1) is 11.7 Å². The summed E-state index contributed by atoms with van der Waals surface area (Å²) in [5.41, 5.74) is 2.80. The van der Waals surface area contributed by atoms with Crippen LogP contribution in [0.1, 0.15) is 49.4 Å². The third-order valence-electron chi connectivity index (χ3n) is 5.88. The lowest BCUT2D eigenvalue weighted by molar-refractivity contribution is 0.392. The molecule has 0 amide bonds. The summed E-state index contributed by atoms with van der Waals surface area (Å²) in [6, 6.07) is 3.44. The summed E-state index contributed by atoms with van der Waals surface area (Å²) in [6.45, 7) is 3.87. The lowest BCUT2D eigenvalue weighted by Crippen LogP contribution is -2.34. The molecule has 4 aromatic heterocycles. The van der Waals surface area contributed by atoms with Gasteiger partial charge in [-0.25, -0.2) is 18.1 Å². The van der Waals surface area contributed by atoms with Gasteiger partial charge in [-0.05, 0) is 31.7 Å². The highest BCUT2D eigenvalue weighted by molar-refractivity contribution is 7.88.